The summed E-state index contributed by atoms with van der Waals surface area (Å²) in [6.45, 7) is 5.93. The molecule has 1 aliphatic rings. The number of nitrogens with zero attached hydrogens (tertiary/aromatic N) is 1. The van der Waals surface area contributed by atoms with E-state index in [9.17, 15) is 9.18 Å². The van der Waals surface area contributed by atoms with Crippen LogP contribution >= 0.6 is 0 Å². The van der Waals surface area contributed by atoms with E-state index in [-0.39, 0.29) is 18.0 Å². The Hall–Kier alpha value is -1.86. The summed E-state index contributed by atoms with van der Waals surface area (Å²) in [5.41, 5.74) is 5.94. The van der Waals surface area contributed by atoms with E-state index in [0.717, 1.165) is 6.42 Å². The molecule has 3 nitrogen and oxygen atoms in total. The van der Waals surface area contributed by atoms with Crippen LogP contribution in [0.15, 0.2) is 18.2 Å². The topological polar surface area (TPSA) is 46.3 Å². The molecule has 2 N–H and O–H groups in total. The number of piperidine rings is 1. The first-order chi connectivity index (χ1) is 10.0. The van der Waals surface area contributed by atoms with Gasteiger partial charge in [0.25, 0.3) is 5.91 Å². The van der Waals surface area contributed by atoms with Crippen LogP contribution in [0.5, 0.6) is 0 Å². The molecule has 0 spiro atoms. The smallest absolute Gasteiger partial charge is 0.256 e. The minimum Gasteiger partial charge on any atom is -0.338 e. The summed E-state index contributed by atoms with van der Waals surface area (Å²) in [6.07, 6.45) is 0.967. The fourth-order valence-corrected chi connectivity index (χ4v) is 2.54. The van der Waals surface area contributed by atoms with Crippen molar-refractivity contribution >= 4 is 5.91 Å². The van der Waals surface area contributed by atoms with Gasteiger partial charge in [0.05, 0.1) is 12.1 Å². The molecule has 2 atom stereocenters. The van der Waals surface area contributed by atoms with Crippen molar-refractivity contribution < 1.29 is 9.18 Å². The van der Waals surface area contributed by atoms with Crippen LogP contribution < -0.4 is 5.73 Å². The van der Waals surface area contributed by atoms with Gasteiger partial charge in [-0.1, -0.05) is 25.7 Å². The molecule has 21 heavy (non-hydrogen) atoms. The molecule has 0 aromatic heterocycles. The zero-order valence-electron chi connectivity index (χ0n) is 12.5. The molecule has 2 unspecified atom stereocenters. The number of benzene rings is 1. The molecule has 2 rings (SSSR count). The van der Waals surface area contributed by atoms with Gasteiger partial charge in [-0.3, -0.25) is 4.79 Å². The van der Waals surface area contributed by atoms with Crippen molar-refractivity contribution in [3.8, 4) is 11.8 Å². The summed E-state index contributed by atoms with van der Waals surface area (Å²) in [4.78, 5) is 14.2. The molecule has 0 bridgehead atoms. The zero-order chi connectivity index (χ0) is 15.4. The van der Waals surface area contributed by atoms with Crippen molar-refractivity contribution in [1.29, 1.82) is 0 Å². The number of carbonyl (C=O) groups excluding carboxylic acids is 1. The fourth-order valence-electron chi connectivity index (χ4n) is 2.54. The van der Waals surface area contributed by atoms with Crippen LogP contribution in [0.4, 0.5) is 4.39 Å². The number of hydrogen-bond donors (Lipinski definition) is 1. The maximum atomic E-state index is 14.1. The Morgan fingerprint density at radius 2 is 2.19 bits per heavy atom. The standard InChI is InChI=1S/C17H21FN2O/c1-12-7-9-20(11-13(12)2)17(21)15-6-5-14(4-3-8-19)10-16(15)18/h5-6,10,12-13H,7-9,11,19H2,1-2H3. The van der Waals surface area contributed by atoms with Gasteiger partial charge in [-0.2, -0.15) is 0 Å². The maximum absolute atomic E-state index is 14.1. The number of likely N-dealkylation sites (tertiary alicyclic amines) is 1. The molecule has 1 aromatic rings. The lowest BCUT2D eigenvalue weighted by Gasteiger charge is -2.35. The van der Waals surface area contributed by atoms with E-state index in [0.29, 0.717) is 30.5 Å². The van der Waals surface area contributed by atoms with Gasteiger partial charge < -0.3 is 10.6 Å². The van der Waals surface area contributed by atoms with E-state index in [1.165, 1.54) is 12.1 Å². The highest BCUT2D eigenvalue weighted by Gasteiger charge is 2.27. The lowest BCUT2D eigenvalue weighted by atomic mass is 9.88. The Morgan fingerprint density at radius 1 is 1.43 bits per heavy atom. The number of halogens is 1. The minimum atomic E-state index is -0.518. The molecule has 1 aliphatic heterocycles. The number of nitrogens with two attached hydrogens (primary N) is 1. The average Bonchev–Trinajstić information content (AvgIpc) is 2.47. The zero-order valence-corrected chi connectivity index (χ0v) is 12.5. The third kappa shape index (κ3) is 3.62. The summed E-state index contributed by atoms with van der Waals surface area (Å²) in [6, 6.07) is 4.47. The molecule has 112 valence electrons. The Morgan fingerprint density at radius 3 is 2.81 bits per heavy atom. The van der Waals surface area contributed by atoms with Crippen molar-refractivity contribution in [1.82, 2.24) is 4.90 Å². The summed E-state index contributed by atoms with van der Waals surface area (Å²) in [7, 11) is 0. The second-order valence-electron chi connectivity index (χ2n) is 5.69. The molecule has 1 fully saturated rings. The van der Waals surface area contributed by atoms with Gasteiger partial charge in [0.1, 0.15) is 5.82 Å². The van der Waals surface area contributed by atoms with Gasteiger partial charge in [-0.15, -0.1) is 0 Å². The van der Waals surface area contributed by atoms with Crippen LogP contribution in [0, 0.1) is 29.5 Å². The number of amides is 1. The first kappa shape index (κ1) is 15.5. The van der Waals surface area contributed by atoms with Crippen LogP contribution in [0.3, 0.4) is 0 Å². The highest BCUT2D eigenvalue weighted by Crippen LogP contribution is 2.24. The predicted molar refractivity (Wildman–Crippen MR) is 81.2 cm³/mol. The molecule has 1 aromatic carbocycles. The van der Waals surface area contributed by atoms with Crippen molar-refractivity contribution in [2.75, 3.05) is 19.6 Å². The SMILES string of the molecule is CC1CCN(C(=O)c2ccc(C#CCN)cc2F)CC1C. The number of rotatable bonds is 1. The highest BCUT2D eigenvalue weighted by molar-refractivity contribution is 5.94. The minimum absolute atomic E-state index is 0.120. The largest absolute Gasteiger partial charge is 0.338 e. The average molecular weight is 288 g/mol. The number of hydrogen-bond acceptors (Lipinski definition) is 2. The predicted octanol–water partition coefficient (Wildman–Crippen LogP) is 2.25. The molecule has 0 saturated carbocycles. The van der Waals surface area contributed by atoms with Crippen LogP contribution in [0.25, 0.3) is 0 Å². The third-order valence-corrected chi connectivity index (χ3v) is 4.16. The summed E-state index contributed by atoms with van der Waals surface area (Å²) >= 11 is 0. The molecule has 4 heteroatoms. The van der Waals surface area contributed by atoms with Crippen LogP contribution in [0.1, 0.15) is 36.2 Å². The van der Waals surface area contributed by atoms with E-state index in [2.05, 4.69) is 25.7 Å². The highest BCUT2D eigenvalue weighted by atomic mass is 19.1. The monoisotopic (exact) mass is 288 g/mol. The number of carbonyl (C=O) groups is 1. The Bertz CT molecular complexity index is 588. The fraction of sp³-hybridized carbons (Fsp3) is 0.471. The van der Waals surface area contributed by atoms with Crippen molar-refractivity contribution in [2.24, 2.45) is 17.6 Å². The Labute approximate surface area is 125 Å². The lowest BCUT2D eigenvalue weighted by Crippen LogP contribution is -2.42. The van der Waals surface area contributed by atoms with Crippen LogP contribution in [-0.4, -0.2) is 30.4 Å². The first-order valence-electron chi connectivity index (χ1n) is 7.30. The quantitative estimate of drug-likeness (QED) is 0.806. The van der Waals surface area contributed by atoms with E-state index in [4.69, 9.17) is 5.73 Å². The Kier molecular flexibility index (Phi) is 4.98. The van der Waals surface area contributed by atoms with Crippen molar-refractivity contribution in [2.45, 2.75) is 20.3 Å². The molecular weight excluding hydrogens is 267 g/mol. The van der Waals surface area contributed by atoms with Crippen molar-refractivity contribution in [3.63, 3.8) is 0 Å². The molecule has 0 aliphatic carbocycles. The molecule has 1 amide bonds. The third-order valence-electron chi connectivity index (χ3n) is 4.16. The summed E-state index contributed by atoms with van der Waals surface area (Å²) in [5.74, 6) is 5.73. The molecule has 1 heterocycles. The van der Waals surface area contributed by atoms with Crippen LogP contribution in [-0.2, 0) is 0 Å². The summed E-state index contributed by atoms with van der Waals surface area (Å²) < 4.78 is 14.1. The summed E-state index contributed by atoms with van der Waals surface area (Å²) in [5, 5.41) is 0. The van der Waals surface area contributed by atoms with Gasteiger partial charge in [-0.05, 0) is 36.5 Å². The lowest BCUT2D eigenvalue weighted by molar-refractivity contribution is 0.0623. The Balaban J connectivity index is 2.16. The van der Waals surface area contributed by atoms with E-state index >= 15 is 0 Å². The molecule has 1 saturated heterocycles. The van der Waals surface area contributed by atoms with E-state index in [1.807, 2.05) is 0 Å². The maximum Gasteiger partial charge on any atom is 0.256 e. The second kappa shape index (κ2) is 6.73. The van der Waals surface area contributed by atoms with Crippen LogP contribution in [0.2, 0.25) is 0 Å². The first-order valence-corrected chi connectivity index (χ1v) is 7.30. The van der Waals surface area contributed by atoms with E-state index in [1.54, 1.807) is 11.0 Å². The van der Waals surface area contributed by atoms with Gasteiger partial charge in [0.15, 0.2) is 0 Å². The van der Waals surface area contributed by atoms with Gasteiger partial charge in [0, 0.05) is 18.7 Å². The second-order valence-corrected chi connectivity index (χ2v) is 5.69. The molecular formula is C17H21FN2O. The van der Waals surface area contributed by atoms with Gasteiger partial charge >= 0.3 is 0 Å². The van der Waals surface area contributed by atoms with E-state index < -0.39 is 5.82 Å². The van der Waals surface area contributed by atoms with Crippen molar-refractivity contribution in [3.05, 3.63) is 35.1 Å². The van der Waals surface area contributed by atoms with Gasteiger partial charge in [0.2, 0.25) is 0 Å². The normalized spacial score (nSPS) is 21.6. The molecule has 0 radical (unpaired) electrons. The van der Waals surface area contributed by atoms with Gasteiger partial charge in [-0.25, -0.2) is 4.39 Å².